The number of anilines is 1. The van der Waals surface area contributed by atoms with Gasteiger partial charge in [-0.05, 0) is 26.2 Å². The first kappa shape index (κ1) is 14.8. The molecule has 0 radical (unpaired) electrons. The third kappa shape index (κ3) is 3.93. The molecule has 21 heavy (non-hydrogen) atoms. The number of nitrogens with zero attached hydrogens (tertiary/aromatic N) is 2. The Morgan fingerprint density at radius 2 is 2.10 bits per heavy atom. The van der Waals surface area contributed by atoms with Crippen molar-refractivity contribution in [3.05, 3.63) is 36.5 Å². The predicted octanol–water partition coefficient (Wildman–Crippen LogP) is 0.625. The second-order valence-corrected chi connectivity index (χ2v) is 4.54. The molecule has 0 saturated carbocycles. The lowest BCUT2D eigenvalue weighted by Gasteiger charge is -2.22. The number of furan rings is 1. The highest BCUT2D eigenvalue weighted by atomic mass is 16.5. The Hall–Kier alpha value is -2.61. The van der Waals surface area contributed by atoms with Crippen molar-refractivity contribution in [1.82, 2.24) is 15.4 Å². The SMILES string of the molecule is CN(C)[C@@H](CNC(=O)C(=O)Nc1ccon1)c1ccco1. The Morgan fingerprint density at radius 1 is 1.29 bits per heavy atom. The summed E-state index contributed by atoms with van der Waals surface area (Å²) in [6.07, 6.45) is 2.86. The summed E-state index contributed by atoms with van der Waals surface area (Å²) < 4.78 is 9.88. The molecule has 2 aromatic rings. The Kier molecular flexibility index (Phi) is 4.72. The third-order valence-corrected chi connectivity index (χ3v) is 2.84. The highest BCUT2D eigenvalue weighted by molar-refractivity contribution is 6.39. The molecule has 112 valence electrons. The summed E-state index contributed by atoms with van der Waals surface area (Å²) in [6, 6.07) is 4.86. The molecule has 8 nitrogen and oxygen atoms in total. The number of hydrogen-bond donors (Lipinski definition) is 2. The van der Waals surface area contributed by atoms with Crippen LogP contribution in [0.5, 0.6) is 0 Å². The molecule has 0 aliphatic rings. The summed E-state index contributed by atoms with van der Waals surface area (Å²) in [5.74, 6) is -0.667. The molecule has 0 aliphatic heterocycles. The van der Waals surface area contributed by atoms with E-state index in [0.717, 1.165) is 0 Å². The molecule has 0 fully saturated rings. The van der Waals surface area contributed by atoms with E-state index in [9.17, 15) is 9.59 Å². The quantitative estimate of drug-likeness (QED) is 0.784. The first-order valence-corrected chi connectivity index (χ1v) is 6.27. The van der Waals surface area contributed by atoms with Crippen molar-refractivity contribution in [3.63, 3.8) is 0 Å². The maximum absolute atomic E-state index is 11.7. The minimum absolute atomic E-state index is 0.163. The lowest BCUT2D eigenvalue weighted by atomic mass is 10.2. The van der Waals surface area contributed by atoms with E-state index in [1.54, 1.807) is 12.3 Å². The molecule has 0 saturated heterocycles. The zero-order chi connectivity index (χ0) is 15.2. The smallest absolute Gasteiger partial charge is 0.314 e. The van der Waals surface area contributed by atoms with Crippen molar-refractivity contribution >= 4 is 17.6 Å². The van der Waals surface area contributed by atoms with Crippen molar-refractivity contribution in [1.29, 1.82) is 0 Å². The molecule has 2 aromatic heterocycles. The summed E-state index contributed by atoms with van der Waals surface area (Å²) in [5, 5.41) is 8.36. The second kappa shape index (κ2) is 6.71. The fourth-order valence-electron chi connectivity index (χ4n) is 1.74. The fraction of sp³-hybridized carbons (Fsp3) is 0.308. The number of hydrogen-bond acceptors (Lipinski definition) is 6. The van der Waals surface area contributed by atoms with E-state index in [2.05, 4.69) is 20.3 Å². The second-order valence-electron chi connectivity index (χ2n) is 4.54. The van der Waals surface area contributed by atoms with Crippen LogP contribution in [0.25, 0.3) is 0 Å². The first-order valence-electron chi connectivity index (χ1n) is 6.27. The Balaban J connectivity index is 1.88. The van der Waals surface area contributed by atoms with E-state index in [1.165, 1.54) is 12.3 Å². The summed E-state index contributed by atoms with van der Waals surface area (Å²) in [7, 11) is 3.71. The number of likely N-dealkylation sites (N-methyl/N-ethyl adjacent to an activating group) is 1. The minimum Gasteiger partial charge on any atom is -0.468 e. The molecule has 0 aliphatic carbocycles. The van der Waals surface area contributed by atoms with Crippen LogP contribution in [0.4, 0.5) is 5.82 Å². The fourth-order valence-corrected chi connectivity index (χ4v) is 1.74. The summed E-state index contributed by atoms with van der Waals surface area (Å²) in [4.78, 5) is 25.3. The van der Waals surface area contributed by atoms with Gasteiger partial charge in [0.1, 0.15) is 12.0 Å². The molecule has 2 rings (SSSR count). The van der Waals surface area contributed by atoms with Gasteiger partial charge in [0.2, 0.25) is 0 Å². The van der Waals surface area contributed by atoms with E-state index in [4.69, 9.17) is 4.42 Å². The van der Waals surface area contributed by atoms with Gasteiger partial charge in [-0.3, -0.25) is 19.8 Å². The van der Waals surface area contributed by atoms with E-state index < -0.39 is 11.8 Å². The largest absolute Gasteiger partial charge is 0.468 e. The molecular weight excluding hydrogens is 276 g/mol. The van der Waals surface area contributed by atoms with Crippen LogP contribution in [-0.2, 0) is 9.59 Å². The van der Waals surface area contributed by atoms with Gasteiger partial charge in [-0.1, -0.05) is 5.16 Å². The number of nitrogens with one attached hydrogen (secondary N) is 2. The predicted molar refractivity (Wildman–Crippen MR) is 73.3 cm³/mol. The maximum Gasteiger partial charge on any atom is 0.314 e. The normalized spacial score (nSPS) is 12.1. The monoisotopic (exact) mass is 292 g/mol. The van der Waals surface area contributed by atoms with Gasteiger partial charge in [0, 0.05) is 12.6 Å². The van der Waals surface area contributed by atoms with E-state index in [1.807, 2.05) is 25.1 Å². The molecule has 0 bridgehead atoms. The van der Waals surface area contributed by atoms with Gasteiger partial charge in [-0.15, -0.1) is 0 Å². The number of amides is 2. The van der Waals surface area contributed by atoms with Crippen LogP contribution < -0.4 is 10.6 Å². The van der Waals surface area contributed by atoms with Crippen molar-refractivity contribution in [2.45, 2.75) is 6.04 Å². The lowest BCUT2D eigenvalue weighted by molar-refractivity contribution is -0.136. The van der Waals surface area contributed by atoms with E-state index in [-0.39, 0.29) is 18.4 Å². The van der Waals surface area contributed by atoms with E-state index in [0.29, 0.717) is 5.76 Å². The van der Waals surface area contributed by atoms with Crippen LogP contribution in [0.15, 0.2) is 39.7 Å². The van der Waals surface area contributed by atoms with Crippen LogP contribution in [-0.4, -0.2) is 42.5 Å². The summed E-state index contributed by atoms with van der Waals surface area (Å²) in [6.45, 7) is 0.242. The Morgan fingerprint density at radius 3 is 2.67 bits per heavy atom. The highest BCUT2D eigenvalue weighted by Gasteiger charge is 2.20. The highest BCUT2D eigenvalue weighted by Crippen LogP contribution is 2.17. The summed E-state index contributed by atoms with van der Waals surface area (Å²) >= 11 is 0. The van der Waals surface area contributed by atoms with Gasteiger partial charge in [0.25, 0.3) is 0 Å². The topological polar surface area (TPSA) is 101 Å². The van der Waals surface area contributed by atoms with Crippen LogP contribution in [0.3, 0.4) is 0 Å². The maximum atomic E-state index is 11.7. The zero-order valence-electron chi connectivity index (χ0n) is 11.7. The number of rotatable bonds is 5. The van der Waals surface area contributed by atoms with Crippen LogP contribution in [0.2, 0.25) is 0 Å². The zero-order valence-corrected chi connectivity index (χ0v) is 11.7. The van der Waals surface area contributed by atoms with Crippen LogP contribution >= 0.6 is 0 Å². The molecule has 0 spiro atoms. The first-order chi connectivity index (χ1) is 10.1. The molecule has 0 aromatic carbocycles. The average Bonchev–Trinajstić information content (AvgIpc) is 3.11. The average molecular weight is 292 g/mol. The number of carbonyl (C=O) groups is 2. The van der Waals surface area contributed by atoms with Crippen LogP contribution in [0, 0.1) is 0 Å². The Bertz CT molecular complexity index is 577. The molecular formula is C13H16N4O4. The summed E-state index contributed by atoms with van der Waals surface area (Å²) in [5.41, 5.74) is 0. The number of aromatic nitrogens is 1. The van der Waals surface area contributed by atoms with Crippen molar-refractivity contribution in [2.75, 3.05) is 26.0 Å². The number of carbonyl (C=O) groups excluding carboxylic acids is 2. The molecule has 2 heterocycles. The molecule has 2 N–H and O–H groups in total. The van der Waals surface area contributed by atoms with Gasteiger partial charge >= 0.3 is 11.8 Å². The van der Waals surface area contributed by atoms with Gasteiger partial charge in [0.15, 0.2) is 5.82 Å². The van der Waals surface area contributed by atoms with Gasteiger partial charge in [-0.2, -0.15) is 0 Å². The van der Waals surface area contributed by atoms with Crippen LogP contribution in [0.1, 0.15) is 11.8 Å². The molecule has 1 atom stereocenters. The molecule has 0 unspecified atom stereocenters. The molecule has 8 heteroatoms. The minimum atomic E-state index is -0.805. The van der Waals surface area contributed by atoms with Crippen molar-refractivity contribution in [3.8, 4) is 0 Å². The lowest BCUT2D eigenvalue weighted by Crippen LogP contribution is -2.40. The third-order valence-electron chi connectivity index (χ3n) is 2.84. The molecule has 2 amide bonds. The van der Waals surface area contributed by atoms with Gasteiger partial charge in [-0.25, -0.2) is 0 Å². The van der Waals surface area contributed by atoms with E-state index >= 15 is 0 Å². The van der Waals surface area contributed by atoms with Gasteiger partial charge in [0.05, 0.1) is 12.3 Å². The van der Waals surface area contributed by atoms with Crippen molar-refractivity contribution in [2.24, 2.45) is 0 Å². The van der Waals surface area contributed by atoms with Crippen molar-refractivity contribution < 1.29 is 18.5 Å². The Labute approximate surface area is 121 Å². The van der Waals surface area contributed by atoms with Gasteiger partial charge < -0.3 is 14.3 Å². The standard InChI is InChI=1S/C13H16N4O4/c1-17(2)9(10-4-3-6-20-10)8-14-12(18)13(19)15-11-5-7-21-16-11/h3-7,9H,8H2,1-2H3,(H,14,18)(H,15,16,19)/t9-/m0/s1.